The first-order valence-electron chi connectivity index (χ1n) is 10.8. The van der Waals surface area contributed by atoms with Crippen molar-refractivity contribution in [1.82, 2.24) is 14.0 Å². The van der Waals surface area contributed by atoms with E-state index in [1.165, 1.54) is 5.56 Å². The summed E-state index contributed by atoms with van der Waals surface area (Å²) in [6.45, 7) is 1.18. The molecule has 0 radical (unpaired) electrons. The quantitative estimate of drug-likeness (QED) is 0.454. The molecule has 0 aliphatic carbocycles. The van der Waals surface area contributed by atoms with Crippen LogP contribution in [0.15, 0.2) is 59.4 Å². The van der Waals surface area contributed by atoms with Gasteiger partial charge in [-0.05, 0) is 47.4 Å². The molecule has 1 amide bonds. The summed E-state index contributed by atoms with van der Waals surface area (Å²) >= 11 is 6.52. The highest BCUT2D eigenvalue weighted by molar-refractivity contribution is 6.34. The number of carbonyl (C=O) groups excluding carboxylic acids is 1. The van der Waals surface area contributed by atoms with Gasteiger partial charge in [-0.3, -0.25) is 13.9 Å². The zero-order chi connectivity index (χ0) is 23.3. The third-order valence-electron chi connectivity index (χ3n) is 6.52. The first-order valence-corrected chi connectivity index (χ1v) is 11.2. The number of nitrogens with zero attached hydrogens (tertiary/aromatic N) is 3. The Morgan fingerprint density at radius 3 is 2.55 bits per heavy atom. The van der Waals surface area contributed by atoms with E-state index in [-0.39, 0.29) is 11.6 Å². The zero-order valence-corrected chi connectivity index (χ0v) is 19.5. The second-order valence-electron chi connectivity index (χ2n) is 8.39. The van der Waals surface area contributed by atoms with Gasteiger partial charge in [-0.1, -0.05) is 41.9 Å². The Labute approximate surface area is 196 Å². The number of fused-ring (bicyclic) bond motifs is 2. The predicted octanol–water partition coefficient (Wildman–Crippen LogP) is 4.40. The molecule has 2 heterocycles. The van der Waals surface area contributed by atoms with E-state index in [4.69, 9.17) is 16.3 Å². The summed E-state index contributed by atoms with van der Waals surface area (Å²) in [5.74, 6) is 0.621. The molecule has 0 unspecified atom stereocenters. The van der Waals surface area contributed by atoms with Crippen LogP contribution in [-0.4, -0.2) is 33.6 Å². The van der Waals surface area contributed by atoms with Crippen molar-refractivity contribution in [3.8, 4) is 16.9 Å². The molecule has 1 aliphatic heterocycles. The Morgan fingerprint density at radius 2 is 1.76 bits per heavy atom. The van der Waals surface area contributed by atoms with Crippen molar-refractivity contribution in [3.05, 3.63) is 86.8 Å². The zero-order valence-electron chi connectivity index (χ0n) is 18.8. The summed E-state index contributed by atoms with van der Waals surface area (Å²) in [5, 5.41) is 0.596. The third-order valence-corrected chi connectivity index (χ3v) is 6.91. The van der Waals surface area contributed by atoms with Crippen molar-refractivity contribution in [2.24, 2.45) is 14.1 Å². The van der Waals surface area contributed by atoms with Gasteiger partial charge >= 0.3 is 5.69 Å². The Hall–Kier alpha value is -3.51. The number of rotatable bonds is 3. The molecule has 0 bridgehead atoms. The molecule has 4 aromatic rings. The lowest BCUT2D eigenvalue weighted by Gasteiger charge is -2.29. The number of methoxy groups -OCH3 is 1. The first-order chi connectivity index (χ1) is 15.9. The van der Waals surface area contributed by atoms with Crippen molar-refractivity contribution in [3.63, 3.8) is 0 Å². The molecule has 5 rings (SSSR count). The van der Waals surface area contributed by atoms with Crippen molar-refractivity contribution in [2.75, 3.05) is 13.7 Å². The molecule has 6 nitrogen and oxygen atoms in total. The Morgan fingerprint density at radius 1 is 0.970 bits per heavy atom. The SMILES string of the molecule is COc1cccc(-c2ccc3c(c2)CCN(C(=O)c2ccc4c(c2)n(C)c(=O)n4C)C3)c1Cl. The smallest absolute Gasteiger partial charge is 0.328 e. The largest absolute Gasteiger partial charge is 0.495 e. The van der Waals surface area contributed by atoms with E-state index in [1.807, 2.05) is 41.3 Å². The van der Waals surface area contributed by atoms with E-state index >= 15 is 0 Å². The number of aryl methyl sites for hydroxylation is 2. The fraction of sp³-hybridized carbons (Fsp3) is 0.231. The number of hydrogen-bond donors (Lipinski definition) is 0. The van der Waals surface area contributed by atoms with Crippen LogP contribution in [-0.2, 0) is 27.1 Å². The summed E-state index contributed by atoms with van der Waals surface area (Å²) in [4.78, 5) is 27.3. The molecular weight excluding hydrogens is 438 g/mol. The number of amides is 1. The molecule has 1 aliphatic rings. The standard InChI is InChI=1S/C26H24ClN3O3/c1-28-21-10-9-18(14-22(21)29(2)26(28)32)25(31)30-12-11-16-13-17(7-8-19(16)15-30)20-5-4-6-23(33-3)24(20)27/h4-10,13-14H,11-12,15H2,1-3H3. The van der Waals surface area contributed by atoms with Crippen LogP contribution in [0.25, 0.3) is 22.2 Å². The fourth-order valence-electron chi connectivity index (χ4n) is 4.61. The number of imidazole rings is 1. The predicted molar refractivity (Wildman–Crippen MR) is 130 cm³/mol. The molecule has 0 fully saturated rings. The third kappa shape index (κ3) is 3.51. The summed E-state index contributed by atoms with van der Waals surface area (Å²) < 4.78 is 8.51. The van der Waals surface area contributed by atoms with Gasteiger partial charge in [-0.25, -0.2) is 4.79 Å². The Kier molecular flexibility index (Phi) is 5.25. The van der Waals surface area contributed by atoms with Crippen LogP contribution in [0.1, 0.15) is 21.5 Å². The number of aromatic nitrogens is 2. The van der Waals surface area contributed by atoms with E-state index in [2.05, 4.69) is 12.1 Å². The van der Waals surface area contributed by atoms with Gasteiger partial charge in [-0.15, -0.1) is 0 Å². The van der Waals surface area contributed by atoms with Crippen LogP contribution in [0, 0.1) is 0 Å². The minimum absolute atomic E-state index is 0.0289. The highest BCUT2D eigenvalue weighted by atomic mass is 35.5. The Bertz CT molecular complexity index is 1470. The average molecular weight is 462 g/mol. The second-order valence-corrected chi connectivity index (χ2v) is 8.76. The minimum atomic E-state index is -0.103. The lowest BCUT2D eigenvalue weighted by molar-refractivity contribution is 0.0735. The van der Waals surface area contributed by atoms with E-state index in [9.17, 15) is 9.59 Å². The number of hydrogen-bond acceptors (Lipinski definition) is 3. The molecule has 1 aromatic heterocycles. The lowest BCUT2D eigenvalue weighted by atomic mass is 9.94. The first kappa shape index (κ1) is 21.3. The maximum absolute atomic E-state index is 13.3. The van der Waals surface area contributed by atoms with Gasteiger partial charge < -0.3 is 9.64 Å². The molecule has 0 saturated heterocycles. The van der Waals surface area contributed by atoms with Crippen molar-refractivity contribution < 1.29 is 9.53 Å². The van der Waals surface area contributed by atoms with Gasteiger partial charge in [-0.2, -0.15) is 0 Å². The normalized spacial score (nSPS) is 13.3. The highest BCUT2D eigenvalue weighted by Crippen LogP contribution is 2.36. The number of carbonyl (C=O) groups is 1. The van der Waals surface area contributed by atoms with Gasteiger partial charge in [0.05, 0.1) is 23.2 Å². The van der Waals surface area contributed by atoms with Crippen LogP contribution in [0.4, 0.5) is 0 Å². The van der Waals surface area contributed by atoms with Gasteiger partial charge in [0.25, 0.3) is 5.91 Å². The van der Waals surface area contributed by atoms with E-state index in [1.54, 1.807) is 36.4 Å². The second kappa shape index (κ2) is 8.12. The van der Waals surface area contributed by atoms with Crippen molar-refractivity contribution in [1.29, 1.82) is 0 Å². The molecule has 0 spiro atoms. The fourth-order valence-corrected chi connectivity index (χ4v) is 4.92. The van der Waals surface area contributed by atoms with Gasteiger partial charge in [0, 0.05) is 38.3 Å². The van der Waals surface area contributed by atoms with Crippen LogP contribution in [0.2, 0.25) is 5.02 Å². The van der Waals surface area contributed by atoms with Crippen molar-refractivity contribution >= 4 is 28.5 Å². The van der Waals surface area contributed by atoms with Crippen LogP contribution < -0.4 is 10.4 Å². The molecule has 33 heavy (non-hydrogen) atoms. The number of benzene rings is 3. The van der Waals surface area contributed by atoms with E-state index in [0.29, 0.717) is 29.4 Å². The van der Waals surface area contributed by atoms with Gasteiger partial charge in [0.15, 0.2) is 0 Å². The summed E-state index contributed by atoms with van der Waals surface area (Å²) in [5.41, 5.74) is 6.37. The molecule has 168 valence electrons. The van der Waals surface area contributed by atoms with Gasteiger partial charge in [0.2, 0.25) is 0 Å². The summed E-state index contributed by atoms with van der Waals surface area (Å²) in [7, 11) is 5.07. The van der Waals surface area contributed by atoms with E-state index < -0.39 is 0 Å². The minimum Gasteiger partial charge on any atom is -0.495 e. The van der Waals surface area contributed by atoms with Crippen LogP contribution in [0.3, 0.4) is 0 Å². The lowest BCUT2D eigenvalue weighted by Crippen LogP contribution is -2.36. The number of ether oxygens (including phenoxy) is 1. The Balaban J connectivity index is 1.42. The topological polar surface area (TPSA) is 56.5 Å². The maximum Gasteiger partial charge on any atom is 0.328 e. The maximum atomic E-state index is 13.3. The molecule has 0 saturated carbocycles. The molecule has 0 N–H and O–H groups in total. The van der Waals surface area contributed by atoms with Crippen LogP contribution in [0.5, 0.6) is 5.75 Å². The molecule has 7 heteroatoms. The molecule has 0 atom stereocenters. The molecule has 3 aromatic carbocycles. The monoisotopic (exact) mass is 461 g/mol. The highest BCUT2D eigenvalue weighted by Gasteiger charge is 2.23. The molecular formula is C26H24ClN3O3. The summed E-state index contributed by atoms with van der Waals surface area (Å²) in [6.07, 6.45) is 0.766. The average Bonchev–Trinajstić information content (AvgIpc) is 3.06. The van der Waals surface area contributed by atoms with Gasteiger partial charge in [0.1, 0.15) is 5.75 Å². The van der Waals surface area contributed by atoms with Crippen LogP contribution >= 0.6 is 11.6 Å². The number of halogens is 1. The van der Waals surface area contributed by atoms with E-state index in [0.717, 1.165) is 34.1 Å². The summed E-state index contributed by atoms with van der Waals surface area (Å²) in [6, 6.07) is 17.5. The van der Waals surface area contributed by atoms with Crippen molar-refractivity contribution in [2.45, 2.75) is 13.0 Å².